The largest absolute Gasteiger partial charge is 0.489 e. The maximum Gasteiger partial charge on any atom is 0.262 e. The van der Waals surface area contributed by atoms with Gasteiger partial charge >= 0.3 is 0 Å². The summed E-state index contributed by atoms with van der Waals surface area (Å²) in [5.41, 5.74) is 2.98. The van der Waals surface area contributed by atoms with E-state index in [0.717, 1.165) is 62.8 Å². The fourth-order valence-electron chi connectivity index (χ4n) is 9.83. The van der Waals surface area contributed by atoms with E-state index in [-0.39, 0.29) is 41.7 Å². The Labute approximate surface area is 343 Å². The van der Waals surface area contributed by atoms with Gasteiger partial charge in [-0.1, -0.05) is 51.4 Å². The number of nitriles is 1. The first-order valence-corrected chi connectivity index (χ1v) is 20.4. The van der Waals surface area contributed by atoms with Crippen LogP contribution in [0.4, 0.5) is 5.69 Å². The second-order valence-electron chi connectivity index (χ2n) is 17.4. The van der Waals surface area contributed by atoms with Crippen LogP contribution in [0.5, 0.6) is 5.75 Å². The predicted octanol–water partition coefficient (Wildman–Crippen LogP) is 4.27. The zero-order valence-electron chi connectivity index (χ0n) is 33.2. The number of nitrogens with zero attached hydrogens (tertiary/aromatic N) is 5. The number of piperazine rings is 1. The minimum atomic E-state index is -0.973. The molecule has 0 aromatic heterocycles. The molecule has 4 fully saturated rings. The topological polar surface area (TPSA) is 155 Å². The average molecular weight is 806 g/mol. The number of nitrogens with one attached hydrogen (secondary N) is 2. The third-order valence-corrected chi connectivity index (χ3v) is 13.2. The van der Waals surface area contributed by atoms with Crippen molar-refractivity contribution in [3.63, 3.8) is 0 Å². The quantitative estimate of drug-likeness (QED) is 0.284. The number of hydrogen-bond acceptors (Lipinski definition) is 10. The normalized spacial score (nSPS) is 24.4. The Morgan fingerprint density at radius 2 is 1.60 bits per heavy atom. The van der Waals surface area contributed by atoms with Gasteiger partial charge in [-0.15, -0.1) is 0 Å². The number of hydrogen-bond donors (Lipinski definition) is 2. The van der Waals surface area contributed by atoms with E-state index in [9.17, 15) is 29.2 Å². The summed E-state index contributed by atoms with van der Waals surface area (Å²) in [6, 6.07) is 19.6. The fourth-order valence-corrected chi connectivity index (χ4v) is 10.0. The van der Waals surface area contributed by atoms with Crippen LogP contribution in [0.1, 0.15) is 82.7 Å². The SMILES string of the molecule is CC1(C)[C@H](NC(=O)c2ccc(CCN3CCN(C4CN(c5ccc6c(c5)C(=O)N(C5CCC(=O)NC5=O)C6=O)C4)CC3)cc2)C(C)(C)[C@H]1Oc1ccc(C#N)c(Cl)c1. The minimum absolute atomic E-state index is 0.0902. The molecule has 2 N–H and O–H groups in total. The van der Waals surface area contributed by atoms with Gasteiger partial charge in [-0.2, -0.15) is 5.26 Å². The van der Waals surface area contributed by atoms with Gasteiger partial charge < -0.3 is 19.9 Å². The smallest absolute Gasteiger partial charge is 0.262 e. The lowest BCUT2D eigenvalue weighted by atomic mass is 9.49. The fraction of sp³-hybridized carbons (Fsp3) is 0.455. The third kappa shape index (κ3) is 7.11. The highest BCUT2D eigenvalue weighted by atomic mass is 35.5. The molecule has 4 aliphatic heterocycles. The summed E-state index contributed by atoms with van der Waals surface area (Å²) in [7, 11) is 0. The molecule has 1 unspecified atom stereocenters. The number of anilines is 1. The Morgan fingerprint density at radius 1 is 0.914 bits per heavy atom. The van der Waals surface area contributed by atoms with Gasteiger partial charge in [0.15, 0.2) is 0 Å². The number of halogens is 1. The van der Waals surface area contributed by atoms with Gasteiger partial charge in [0.25, 0.3) is 17.7 Å². The molecule has 1 saturated carbocycles. The number of rotatable bonds is 10. The number of imide groups is 2. The number of piperidine rings is 1. The Morgan fingerprint density at radius 3 is 2.26 bits per heavy atom. The third-order valence-electron chi connectivity index (χ3n) is 12.9. The molecule has 0 spiro atoms. The molecule has 58 heavy (non-hydrogen) atoms. The van der Waals surface area contributed by atoms with Crippen molar-refractivity contribution in [1.29, 1.82) is 5.26 Å². The predicted molar refractivity (Wildman–Crippen MR) is 217 cm³/mol. The molecule has 14 heteroatoms. The monoisotopic (exact) mass is 805 g/mol. The van der Waals surface area contributed by atoms with Crippen molar-refractivity contribution in [1.82, 2.24) is 25.3 Å². The highest BCUT2D eigenvalue weighted by molar-refractivity contribution is 6.31. The molecule has 0 bridgehead atoms. The molecular weight excluding hydrogens is 758 g/mol. The van der Waals surface area contributed by atoms with E-state index in [1.54, 1.807) is 30.3 Å². The van der Waals surface area contributed by atoms with Gasteiger partial charge in [-0.25, -0.2) is 0 Å². The summed E-state index contributed by atoms with van der Waals surface area (Å²) in [5, 5.41) is 15.1. The maximum atomic E-state index is 13.4. The Hall–Kier alpha value is -5.29. The van der Waals surface area contributed by atoms with Crippen LogP contribution < -0.4 is 20.3 Å². The van der Waals surface area contributed by atoms with Crippen molar-refractivity contribution in [2.45, 2.75) is 71.2 Å². The second-order valence-corrected chi connectivity index (χ2v) is 17.8. The lowest BCUT2D eigenvalue weighted by molar-refractivity contribution is -0.164. The minimum Gasteiger partial charge on any atom is -0.489 e. The molecule has 3 aromatic carbocycles. The number of carbonyl (C=O) groups is 5. The summed E-state index contributed by atoms with van der Waals surface area (Å²) >= 11 is 6.24. The van der Waals surface area contributed by atoms with E-state index >= 15 is 0 Å². The van der Waals surface area contributed by atoms with Crippen LogP contribution in [-0.4, -0.2) is 114 Å². The summed E-state index contributed by atoms with van der Waals surface area (Å²) in [5.74, 6) is -1.50. The standard InChI is InChI=1S/C44H48ClN7O6/c1-43(2)41(44(3,4)42(43)58-31-11-9-28(23-46)34(45)22-31)48-37(54)27-7-5-26(6-8-27)15-16-49-17-19-50(20-18-49)30-24-51(25-30)29-10-12-32-33(21-29)40(57)52(39(32)56)35-13-14-36(53)47-38(35)55/h5-12,21-22,30,35,41-42H,13-20,24-25H2,1-4H3,(H,48,54)(H,47,53,55)/t35?,41-,42-. The highest BCUT2D eigenvalue weighted by Gasteiger charge is 2.64. The van der Waals surface area contributed by atoms with E-state index in [2.05, 4.69) is 59.1 Å². The summed E-state index contributed by atoms with van der Waals surface area (Å²) < 4.78 is 6.37. The van der Waals surface area contributed by atoms with E-state index in [4.69, 9.17) is 16.3 Å². The van der Waals surface area contributed by atoms with Crippen LogP contribution in [0.15, 0.2) is 60.7 Å². The molecule has 13 nitrogen and oxygen atoms in total. The van der Waals surface area contributed by atoms with Crippen molar-refractivity contribution < 1.29 is 28.7 Å². The molecule has 5 aliphatic rings. The van der Waals surface area contributed by atoms with Crippen LogP contribution >= 0.6 is 11.6 Å². The average Bonchev–Trinajstić information content (AvgIpc) is 3.43. The molecule has 0 radical (unpaired) electrons. The Balaban J connectivity index is 0.773. The lowest BCUT2D eigenvalue weighted by Gasteiger charge is -2.63. The molecule has 3 saturated heterocycles. The highest BCUT2D eigenvalue weighted by Crippen LogP contribution is 2.55. The molecule has 302 valence electrons. The zero-order chi connectivity index (χ0) is 41.1. The van der Waals surface area contributed by atoms with Crippen LogP contribution in [0, 0.1) is 22.2 Å². The van der Waals surface area contributed by atoms with Gasteiger partial charge in [0.2, 0.25) is 11.8 Å². The number of fused-ring (bicyclic) bond motifs is 1. The van der Waals surface area contributed by atoms with Crippen molar-refractivity contribution in [3.8, 4) is 11.8 Å². The molecular formula is C44H48ClN7O6. The zero-order valence-corrected chi connectivity index (χ0v) is 34.0. The molecule has 1 atom stereocenters. The van der Waals surface area contributed by atoms with Crippen LogP contribution in [0.3, 0.4) is 0 Å². The summed E-state index contributed by atoms with van der Waals surface area (Å²) in [6.45, 7) is 14.8. The number of ether oxygens (including phenoxy) is 1. The number of benzene rings is 3. The van der Waals surface area contributed by atoms with Crippen molar-refractivity contribution >= 4 is 46.8 Å². The Bertz CT molecular complexity index is 2210. The van der Waals surface area contributed by atoms with Gasteiger partial charge in [-0.05, 0) is 60.9 Å². The first-order valence-electron chi connectivity index (χ1n) is 20.0. The van der Waals surface area contributed by atoms with E-state index in [1.165, 1.54) is 5.56 Å². The molecule has 8 rings (SSSR count). The summed E-state index contributed by atoms with van der Waals surface area (Å²) in [6.07, 6.45) is 0.936. The van der Waals surface area contributed by atoms with E-state index < -0.39 is 29.7 Å². The van der Waals surface area contributed by atoms with Crippen LogP contribution in [0.2, 0.25) is 5.02 Å². The summed E-state index contributed by atoms with van der Waals surface area (Å²) in [4.78, 5) is 72.0. The van der Waals surface area contributed by atoms with Crippen molar-refractivity contribution in [3.05, 3.63) is 93.5 Å². The van der Waals surface area contributed by atoms with E-state index in [0.29, 0.717) is 39.1 Å². The Kier molecular flexibility index (Phi) is 10.3. The molecule has 5 amide bonds. The first kappa shape index (κ1) is 39.5. The second kappa shape index (κ2) is 15.1. The number of carbonyl (C=O) groups excluding carboxylic acids is 5. The molecule has 1 aliphatic carbocycles. The lowest BCUT2D eigenvalue weighted by Crippen LogP contribution is -2.74. The number of amides is 5. The van der Waals surface area contributed by atoms with Crippen molar-refractivity contribution in [2.24, 2.45) is 10.8 Å². The molecule has 3 aromatic rings. The molecule has 4 heterocycles. The van der Waals surface area contributed by atoms with Crippen LogP contribution in [0.25, 0.3) is 0 Å². The first-order chi connectivity index (χ1) is 27.6. The van der Waals surface area contributed by atoms with Gasteiger partial charge in [0.05, 0.1) is 21.7 Å². The van der Waals surface area contributed by atoms with E-state index in [1.807, 2.05) is 30.3 Å². The maximum absolute atomic E-state index is 13.4. The van der Waals surface area contributed by atoms with Gasteiger partial charge in [-0.3, -0.25) is 39.1 Å². The van der Waals surface area contributed by atoms with Crippen molar-refractivity contribution in [2.75, 3.05) is 50.7 Å². The van der Waals surface area contributed by atoms with Crippen LogP contribution in [-0.2, 0) is 16.0 Å². The van der Waals surface area contributed by atoms with Gasteiger partial charge in [0.1, 0.15) is 24.0 Å². The van der Waals surface area contributed by atoms with Gasteiger partial charge in [0, 0.05) is 92.5 Å².